The Morgan fingerprint density at radius 1 is 1.18 bits per heavy atom. The Labute approximate surface area is 179 Å². The standard InChI is InChI=1S/C20H19Cl2N3O2S/c1-11-16(19(26)23-14-9-4-5-10-15(14)27-3)18(24-20(28)25(11)2)17-12(21)7-6-8-13(17)22/h4-10,18H,1-3H3,(H,23,26)(H,24,28). The quantitative estimate of drug-likeness (QED) is 0.676. The van der Waals surface area contributed by atoms with Crippen LogP contribution in [-0.2, 0) is 4.79 Å². The van der Waals surface area contributed by atoms with Crippen molar-refractivity contribution >= 4 is 52.1 Å². The van der Waals surface area contributed by atoms with E-state index < -0.39 is 6.04 Å². The number of amides is 1. The average molecular weight is 436 g/mol. The molecule has 0 aromatic heterocycles. The van der Waals surface area contributed by atoms with E-state index in [9.17, 15) is 4.79 Å². The highest BCUT2D eigenvalue weighted by molar-refractivity contribution is 7.80. The molecular weight excluding hydrogens is 417 g/mol. The van der Waals surface area contributed by atoms with Gasteiger partial charge < -0.3 is 20.3 Å². The van der Waals surface area contributed by atoms with Crippen molar-refractivity contribution in [2.45, 2.75) is 13.0 Å². The van der Waals surface area contributed by atoms with E-state index >= 15 is 0 Å². The number of para-hydroxylation sites is 2. The predicted molar refractivity (Wildman–Crippen MR) is 117 cm³/mol. The van der Waals surface area contributed by atoms with E-state index in [0.29, 0.717) is 43.4 Å². The molecule has 5 nitrogen and oxygen atoms in total. The molecule has 146 valence electrons. The van der Waals surface area contributed by atoms with E-state index in [0.717, 1.165) is 0 Å². The molecule has 2 N–H and O–H groups in total. The number of anilines is 1. The van der Waals surface area contributed by atoms with Gasteiger partial charge in [0.25, 0.3) is 5.91 Å². The maximum atomic E-state index is 13.3. The molecule has 0 radical (unpaired) electrons. The van der Waals surface area contributed by atoms with Gasteiger partial charge in [0, 0.05) is 28.4 Å². The van der Waals surface area contributed by atoms with Gasteiger partial charge in [-0.3, -0.25) is 4.79 Å². The van der Waals surface area contributed by atoms with Crippen LogP contribution in [0.15, 0.2) is 53.7 Å². The van der Waals surface area contributed by atoms with Crippen LogP contribution >= 0.6 is 35.4 Å². The van der Waals surface area contributed by atoms with Gasteiger partial charge in [-0.05, 0) is 43.4 Å². The predicted octanol–water partition coefficient (Wildman–Crippen LogP) is 4.78. The molecule has 0 aliphatic carbocycles. The van der Waals surface area contributed by atoms with Crippen LogP contribution in [0, 0.1) is 0 Å². The molecule has 1 heterocycles. The normalized spacial score (nSPS) is 16.7. The molecule has 1 aliphatic heterocycles. The SMILES string of the molecule is COc1ccccc1NC(=O)C1=C(C)N(C)C(=S)NC1c1c(Cl)cccc1Cl. The van der Waals surface area contributed by atoms with Crippen molar-refractivity contribution in [2.24, 2.45) is 0 Å². The largest absolute Gasteiger partial charge is 0.495 e. The minimum absolute atomic E-state index is 0.301. The van der Waals surface area contributed by atoms with Gasteiger partial charge >= 0.3 is 0 Å². The molecular formula is C20H19Cl2N3O2S. The molecule has 1 amide bonds. The zero-order valence-electron chi connectivity index (χ0n) is 15.5. The topological polar surface area (TPSA) is 53.6 Å². The number of carbonyl (C=O) groups excluding carboxylic acids is 1. The maximum Gasteiger partial charge on any atom is 0.255 e. The van der Waals surface area contributed by atoms with E-state index in [1.54, 1.807) is 49.4 Å². The molecule has 1 atom stereocenters. The maximum absolute atomic E-state index is 13.3. The van der Waals surface area contributed by atoms with Crippen LogP contribution in [0.3, 0.4) is 0 Å². The first-order valence-electron chi connectivity index (χ1n) is 8.48. The number of rotatable bonds is 4. The molecule has 2 aromatic rings. The summed E-state index contributed by atoms with van der Waals surface area (Å²) in [4.78, 5) is 15.0. The summed E-state index contributed by atoms with van der Waals surface area (Å²) in [6, 6.07) is 11.8. The molecule has 1 aliphatic rings. The Kier molecular flexibility index (Phi) is 6.13. The number of carbonyl (C=O) groups is 1. The minimum atomic E-state index is -0.584. The van der Waals surface area contributed by atoms with Crippen LogP contribution in [0.5, 0.6) is 5.75 Å². The molecule has 0 saturated heterocycles. The zero-order chi connectivity index (χ0) is 20.4. The van der Waals surface area contributed by atoms with Gasteiger partial charge in [-0.1, -0.05) is 41.4 Å². The van der Waals surface area contributed by atoms with Gasteiger partial charge in [0.05, 0.1) is 24.4 Å². The molecule has 3 rings (SSSR count). The molecule has 28 heavy (non-hydrogen) atoms. The number of nitrogens with one attached hydrogen (secondary N) is 2. The summed E-state index contributed by atoms with van der Waals surface area (Å²) >= 11 is 18.3. The number of allylic oxidation sites excluding steroid dienone is 1. The van der Waals surface area contributed by atoms with Gasteiger partial charge in [0.1, 0.15) is 5.75 Å². The van der Waals surface area contributed by atoms with Crippen LogP contribution in [0.1, 0.15) is 18.5 Å². The van der Waals surface area contributed by atoms with E-state index in [-0.39, 0.29) is 5.91 Å². The highest BCUT2D eigenvalue weighted by Crippen LogP contribution is 2.38. The van der Waals surface area contributed by atoms with Crippen LogP contribution in [-0.4, -0.2) is 30.1 Å². The van der Waals surface area contributed by atoms with Crippen molar-refractivity contribution in [1.82, 2.24) is 10.2 Å². The van der Waals surface area contributed by atoms with E-state index in [2.05, 4.69) is 10.6 Å². The highest BCUT2D eigenvalue weighted by Gasteiger charge is 2.35. The molecule has 0 bridgehead atoms. The van der Waals surface area contributed by atoms with Crippen molar-refractivity contribution in [3.05, 3.63) is 69.3 Å². The highest BCUT2D eigenvalue weighted by atomic mass is 35.5. The smallest absolute Gasteiger partial charge is 0.255 e. The lowest BCUT2D eigenvalue weighted by Crippen LogP contribution is -2.46. The number of halogens is 2. The number of hydrogen-bond donors (Lipinski definition) is 2. The summed E-state index contributed by atoms with van der Waals surface area (Å²) in [5.74, 6) is 0.263. The summed E-state index contributed by atoms with van der Waals surface area (Å²) in [5, 5.41) is 7.48. The van der Waals surface area contributed by atoms with Crippen molar-refractivity contribution < 1.29 is 9.53 Å². The van der Waals surface area contributed by atoms with Gasteiger partial charge in [-0.25, -0.2) is 0 Å². The van der Waals surface area contributed by atoms with Crippen molar-refractivity contribution in [3.63, 3.8) is 0 Å². The Hall–Kier alpha value is -2.28. The molecule has 1 unspecified atom stereocenters. The first-order valence-corrected chi connectivity index (χ1v) is 9.64. The number of ether oxygens (including phenoxy) is 1. The fourth-order valence-corrected chi connectivity index (χ4v) is 3.94. The van der Waals surface area contributed by atoms with Crippen LogP contribution in [0.25, 0.3) is 0 Å². The summed E-state index contributed by atoms with van der Waals surface area (Å²) < 4.78 is 5.33. The van der Waals surface area contributed by atoms with Crippen molar-refractivity contribution in [2.75, 3.05) is 19.5 Å². The lowest BCUT2D eigenvalue weighted by atomic mass is 9.94. The van der Waals surface area contributed by atoms with Crippen molar-refractivity contribution in [3.8, 4) is 5.75 Å². The Morgan fingerprint density at radius 3 is 2.46 bits per heavy atom. The number of hydrogen-bond acceptors (Lipinski definition) is 3. The number of thiocarbonyl (C=S) groups is 1. The zero-order valence-corrected chi connectivity index (χ0v) is 17.9. The van der Waals surface area contributed by atoms with Gasteiger partial charge in [-0.2, -0.15) is 0 Å². The lowest BCUT2D eigenvalue weighted by Gasteiger charge is -2.36. The van der Waals surface area contributed by atoms with Gasteiger partial charge in [-0.15, -0.1) is 0 Å². The monoisotopic (exact) mass is 435 g/mol. The Morgan fingerprint density at radius 2 is 1.82 bits per heavy atom. The summed E-state index contributed by atoms with van der Waals surface area (Å²) in [7, 11) is 3.35. The van der Waals surface area contributed by atoms with Gasteiger partial charge in [0.15, 0.2) is 5.11 Å². The number of nitrogens with zero attached hydrogens (tertiary/aromatic N) is 1. The van der Waals surface area contributed by atoms with E-state index in [1.807, 2.05) is 19.1 Å². The molecule has 8 heteroatoms. The van der Waals surface area contributed by atoms with Gasteiger partial charge in [0.2, 0.25) is 0 Å². The molecule has 0 saturated carbocycles. The Bertz CT molecular complexity index is 957. The van der Waals surface area contributed by atoms with Crippen LogP contribution in [0.4, 0.5) is 5.69 Å². The third kappa shape index (κ3) is 3.81. The van der Waals surface area contributed by atoms with E-state index in [1.165, 1.54) is 0 Å². The summed E-state index contributed by atoms with van der Waals surface area (Å²) in [5.41, 5.74) is 2.34. The van der Waals surface area contributed by atoms with E-state index in [4.69, 9.17) is 40.2 Å². The number of benzene rings is 2. The Balaban J connectivity index is 2.08. The second kappa shape index (κ2) is 8.39. The fraction of sp³-hybridized carbons (Fsp3) is 0.200. The molecule has 0 fully saturated rings. The third-order valence-electron chi connectivity index (χ3n) is 4.64. The minimum Gasteiger partial charge on any atom is -0.495 e. The van der Waals surface area contributed by atoms with Crippen LogP contribution in [0.2, 0.25) is 10.0 Å². The molecule has 0 spiro atoms. The second-order valence-corrected chi connectivity index (χ2v) is 7.43. The average Bonchev–Trinajstić information content (AvgIpc) is 2.66. The molecule has 2 aromatic carbocycles. The van der Waals surface area contributed by atoms with Crippen LogP contribution < -0.4 is 15.4 Å². The lowest BCUT2D eigenvalue weighted by molar-refractivity contribution is -0.113. The first kappa shape index (κ1) is 20.5. The number of methoxy groups -OCH3 is 1. The van der Waals surface area contributed by atoms with Crippen molar-refractivity contribution in [1.29, 1.82) is 0 Å². The third-order valence-corrected chi connectivity index (χ3v) is 5.69. The first-order chi connectivity index (χ1) is 13.3. The second-order valence-electron chi connectivity index (χ2n) is 6.23. The summed E-state index contributed by atoms with van der Waals surface area (Å²) in [6.07, 6.45) is 0. The fourth-order valence-electron chi connectivity index (χ4n) is 3.07. The summed E-state index contributed by atoms with van der Waals surface area (Å²) in [6.45, 7) is 1.84.